The molecule has 9 heteroatoms. The van der Waals surface area contributed by atoms with Gasteiger partial charge in [-0.2, -0.15) is 0 Å². The quantitative estimate of drug-likeness (QED) is 0.211. The molecule has 1 aromatic heterocycles. The van der Waals surface area contributed by atoms with Gasteiger partial charge in [0.2, 0.25) is 0 Å². The van der Waals surface area contributed by atoms with E-state index < -0.39 is 22.1 Å². The van der Waals surface area contributed by atoms with Gasteiger partial charge in [-0.25, -0.2) is 8.42 Å². The molecular formula is C29H33N3O5S. The van der Waals surface area contributed by atoms with Crippen molar-refractivity contribution >= 4 is 32.6 Å². The molecule has 4 aromatic rings. The van der Waals surface area contributed by atoms with Gasteiger partial charge >= 0.3 is 5.97 Å². The molecule has 0 aliphatic rings. The Labute approximate surface area is 223 Å². The molecule has 1 atom stereocenters. The third-order valence-corrected chi connectivity index (χ3v) is 7.94. The summed E-state index contributed by atoms with van der Waals surface area (Å²) in [6, 6.07) is 22.7. The molecule has 0 amide bonds. The fourth-order valence-electron chi connectivity index (χ4n) is 4.41. The monoisotopic (exact) mass is 535 g/mol. The molecule has 0 bridgehead atoms. The lowest BCUT2D eigenvalue weighted by molar-refractivity contribution is -0.136. The summed E-state index contributed by atoms with van der Waals surface area (Å²) < 4.78 is 29.9. The molecule has 0 spiro atoms. The summed E-state index contributed by atoms with van der Waals surface area (Å²) in [4.78, 5) is 11.4. The van der Waals surface area contributed by atoms with Crippen LogP contribution in [0.5, 0.6) is 0 Å². The van der Waals surface area contributed by atoms with E-state index in [4.69, 9.17) is 0 Å². The van der Waals surface area contributed by atoms with E-state index in [0.29, 0.717) is 17.8 Å². The van der Waals surface area contributed by atoms with Crippen LogP contribution in [0.25, 0.3) is 10.9 Å². The Morgan fingerprint density at radius 3 is 2.45 bits per heavy atom. The molecule has 0 saturated heterocycles. The van der Waals surface area contributed by atoms with Crippen molar-refractivity contribution in [3.63, 3.8) is 0 Å². The van der Waals surface area contributed by atoms with Gasteiger partial charge in [-0.3, -0.25) is 9.52 Å². The van der Waals surface area contributed by atoms with Gasteiger partial charge in [0.15, 0.2) is 0 Å². The van der Waals surface area contributed by atoms with Crippen molar-refractivity contribution < 1.29 is 23.4 Å². The zero-order valence-electron chi connectivity index (χ0n) is 21.5. The van der Waals surface area contributed by atoms with Gasteiger partial charge in [0.1, 0.15) is 0 Å². The zero-order chi connectivity index (χ0) is 27.3. The maximum absolute atomic E-state index is 12.6. The van der Waals surface area contributed by atoms with Crippen molar-refractivity contribution in [2.75, 3.05) is 11.3 Å². The minimum atomic E-state index is -3.73. The Morgan fingerprint density at radius 2 is 1.71 bits per heavy atom. The van der Waals surface area contributed by atoms with Crippen molar-refractivity contribution in [2.24, 2.45) is 0 Å². The molecule has 0 unspecified atom stereocenters. The third-order valence-electron chi connectivity index (χ3n) is 6.54. The minimum Gasteiger partial charge on any atom is -0.481 e. The highest BCUT2D eigenvalue weighted by molar-refractivity contribution is 7.92. The summed E-state index contributed by atoms with van der Waals surface area (Å²) in [7, 11) is -3.73. The number of aliphatic hydroxyl groups excluding tert-OH is 1. The van der Waals surface area contributed by atoms with Crippen LogP contribution in [0.2, 0.25) is 0 Å². The lowest BCUT2D eigenvalue weighted by atomic mass is 9.99. The second kappa shape index (κ2) is 11.4. The molecular weight excluding hydrogens is 502 g/mol. The second-order valence-electron chi connectivity index (χ2n) is 10.0. The molecule has 0 radical (unpaired) electrons. The van der Waals surface area contributed by atoms with Crippen LogP contribution in [-0.2, 0) is 27.8 Å². The number of anilines is 1. The number of para-hydroxylation sites is 1. The zero-order valence-corrected chi connectivity index (χ0v) is 22.3. The Morgan fingerprint density at radius 1 is 1.00 bits per heavy atom. The second-order valence-corrected chi connectivity index (χ2v) is 11.7. The number of aliphatic carboxylic acids is 1. The molecule has 0 aliphatic heterocycles. The van der Waals surface area contributed by atoms with Crippen LogP contribution in [0.3, 0.4) is 0 Å². The summed E-state index contributed by atoms with van der Waals surface area (Å²) in [5.74, 6) is -0.860. The lowest BCUT2D eigenvalue weighted by Crippen LogP contribution is -2.42. The highest BCUT2D eigenvalue weighted by Crippen LogP contribution is 2.25. The van der Waals surface area contributed by atoms with Crippen molar-refractivity contribution in [1.82, 2.24) is 9.88 Å². The number of nitrogens with zero attached hydrogens (tertiary/aromatic N) is 1. The van der Waals surface area contributed by atoms with Gasteiger partial charge in [0.25, 0.3) is 10.0 Å². The van der Waals surface area contributed by atoms with E-state index in [1.54, 1.807) is 42.5 Å². The molecule has 4 rings (SSSR count). The maximum Gasteiger partial charge on any atom is 0.307 e. The smallest absolute Gasteiger partial charge is 0.307 e. The fourth-order valence-corrected chi connectivity index (χ4v) is 5.48. The number of β-amino-alcohol motifs (C(OH)–C–C–N with tert-alkyl or cyclic N) is 1. The Hall–Kier alpha value is -3.66. The van der Waals surface area contributed by atoms with E-state index in [1.165, 1.54) is 12.1 Å². The maximum atomic E-state index is 12.6. The number of carboxylic acid groups (broad SMARTS) is 1. The predicted molar refractivity (Wildman–Crippen MR) is 149 cm³/mol. The first kappa shape index (κ1) is 27.4. The number of carboxylic acids is 1. The standard InChI is InChI=1S/C29H33N3O5S/c1-29(2,15-16-32-20-22(18-28(34)35)25-13-6-7-14-26(25)32)30-19-27(33)21-9-8-10-23(17-21)31-38(36,37)24-11-4-3-5-12-24/h3-14,17,20,27,30-31,33H,15-16,18-19H2,1-2H3,(H,34,35)/t27-/m1/s1. The van der Waals surface area contributed by atoms with Crippen molar-refractivity contribution in [1.29, 1.82) is 0 Å². The van der Waals surface area contributed by atoms with Crippen LogP contribution in [0.4, 0.5) is 5.69 Å². The summed E-state index contributed by atoms with van der Waals surface area (Å²) in [6.45, 7) is 5.05. The lowest BCUT2D eigenvalue weighted by Gasteiger charge is -2.28. The average molecular weight is 536 g/mol. The van der Waals surface area contributed by atoms with Gasteiger partial charge < -0.3 is 20.1 Å². The number of rotatable bonds is 12. The minimum absolute atomic E-state index is 0.0259. The van der Waals surface area contributed by atoms with E-state index in [1.807, 2.05) is 44.3 Å². The average Bonchev–Trinajstić information content (AvgIpc) is 3.23. The Bertz CT molecular complexity index is 1510. The molecule has 200 valence electrons. The molecule has 38 heavy (non-hydrogen) atoms. The Kier molecular flexibility index (Phi) is 8.20. The van der Waals surface area contributed by atoms with Gasteiger partial charge in [-0.05, 0) is 61.7 Å². The first-order chi connectivity index (χ1) is 18.0. The fraction of sp³-hybridized carbons (Fsp3) is 0.276. The van der Waals surface area contributed by atoms with Crippen molar-refractivity contribution in [3.05, 3.63) is 96.2 Å². The van der Waals surface area contributed by atoms with Crippen LogP contribution in [0, 0.1) is 0 Å². The molecule has 1 heterocycles. The Balaban J connectivity index is 1.38. The molecule has 0 fully saturated rings. The van der Waals surface area contributed by atoms with Crippen LogP contribution in [0.1, 0.15) is 37.5 Å². The van der Waals surface area contributed by atoms with Crippen LogP contribution in [-0.4, -0.2) is 41.3 Å². The van der Waals surface area contributed by atoms with Crippen LogP contribution in [0.15, 0.2) is 90.0 Å². The summed E-state index contributed by atoms with van der Waals surface area (Å²) in [5, 5.41) is 24.5. The largest absolute Gasteiger partial charge is 0.481 e. The number of hydrogen-bond acceptors (Lipinski definition) is 5. The normalized spacial score (nSPS) is 12.9. The predicted octanol–water partition coefficient (Wildman–Crippen LogP) is 4.56. The molecule has 4 N–H and O–H groups in total. The summed E-state index contributed by atoms with van der Waals surface area (Å²) >= 11 is 0. The topological polar surface area (TPSA) is 121 Å². The number of nitrogens with one attached hydrogen (secondary N) is 2. The van der Waals surface area contributed by atoms with Crippen LogP contribution < -0.4 is 10.0 Å². The SMILES string of the molecule is CC(C)(CCn1cc(CC(=O)O)c2ccccc21)NC[C@@H](O)c1cccc(NS(=O)(=O)c2ccccc2)c1. The molecule has 8 nitrogen and oxygen atoms in total. The van der Waals surface area contributed by atoms with E-state index in [9.17, 15) is 23.4 Å². The van der Waals surface area contributed by atoms with E-state index >= 15 is 0 Å². The number of benzene rings is 3. The van der Waals surface area contributed by atoms with E-state index in [2.05, 4.69) is 14.6 Å². The number of carbonyl (C=O) groups is 1. The van der Waals surface area contributed by atoms with Crippen LogP contribution >= 0.6 is 0 Å². The number of aromatic nitrogens is 1. The van der Waals surface area contributed by atoms with Gasteiger partial charge in [0, 0.05) is 41.4 Å². The van der Waals surface area contributed by atoms with Crippen molar-refractivity contribution in [2.45, 2.75) is 49.8 Å². The van der Waals surface area contributed by atoms with Gasteiger partial charge in [0.05, 0.1) is 17.4 Å². The molecule has 3 aromatic carbocycles. The van der Waals surface area contributed by atoms with E-state index in [0.717, 1.165) is 22.9 Å². The van der Waals surface area contributed by atoms with Gasteiger partial charge in [-0.1, -0.05) is 48.5 Å². The summed E-state index contributed by atoms with van der Waals surface area (Å²) in [6.07, 6.45) is 1.78. The van der Waals surface area contributed by atoms with E-state index in [-0.39, 0.29) is 23.4 Å². The number of aliphatic hydroxyl groups is 1. The number of aryl methyl sites for hydroxylation is 1. The number of hydrogen-bond donors (Lipinski definition) is 4. The first-order valence-corrected chi connectivity index (χ1v) is 13.9. The first-order valence-electron chi connectivity index (χ1n) is 12.4. The number of fused-ring (bicyclic) bond motifs is 1. The number of sulfonamides is 1. The van der Waals surface area contributed by atoms with Gasteiger partial charge in [-0.15, -0.1) is 0 Å². The van der Waals surface area contributed by atoms with Crippen molar-refractivity contribution in [3.8, 4) is 0 Å². The molecule has 0 aliphatic carbocycles. The molecule has 0 saturated carbocycles. The third kappa shape index (κ3) is 6.80. The highest BCUT2D eigenvalue weighted by Gasteiger charge is 2.21. The summed E-state index contributed by atoms with van der Waals surface area (Å²) in [5.41, 5.74) is 2.43. The highest BCUT2D eigenvalue weighted by atomic mass is 32.2.